The molecular formula is C20H19N7O3. The van der Waals surface area contributed by atoms with Crippen LogP contribution in [0.1, 0.15) is 29.3 Å². The summed E-state index contributed by atoms with van der Waals surface area (Å²) in [7, 11) is 3.18. The highest BCUT2D eigenvalue weighted by molar-refractivity contribution is 5.94. The highest BCUT2D eigenvalue weighted by Gasteiger charge is 2.31. The number of hydrogen-bond donors (Lipinski definition) is 1. The van der Waals surface area contributed by atoms with Gasteiger partial charge in [-0.15, -0.1) is 15.3 Å². The van der Waals surface area contributed by atoms with E-state index in [2.05, 4.69) is 25.7 Å². The van der Waals surface area contributed by atoms with E-state index >= 15 is 0 Å². The fourth-order valence-electron chi connectivity index (χ4n) is 3.76. The van der Waals surface area contributed by atoms with Gasteiger partial charge in [0.05, 0.1) is 20.4 Å². The topological polar surface area (TPSA) is 108 Å². The molecule has 3 aromatic heterocycles. The van der Waals surface area contributed by atoms with Crippen LogP contribution < -0.4 is 14.8 Å². The molecule has 0 fully saturated rings. The first kappa shape index (κ1) is 18.1. The Bertz CT molecular complexity index is 1280. The Morgan fingerprint density at radius 3 is 2.73 bits per heavy atom. The van der Waals surface area contributed by atoms with Crippen molar-refractivity contribution in [1.82, 2.24) is 29.6 Å². The average Bonchev–Trinajstić information content (AvgIpc) is 3.36. The summed E-state index contributed by atoms with van der Waals surface area (Å²) in [4.78, 5) is 12.5. The molecule has 10 heteroatoms. The molecule has 30 heavy (non-hydrogen) atoms. The Labute approximate surface area is 171 Å². The van der Waals surface area contributed by atoms with Gasteiger partial charge in [0.2, 0.25) is 5.91 Å². The molecule has 0 radical (unpaired) electrons. The van der Waals surface area contributed by atoms with Crippen LogP contribution in [-0.4, -0.2) is 49.7 Å². The smallest absolute Gasteiger partial charge is 0.226 e. The zero-order chi connectivity index (χ0) is 20.8. The molecule has 0 spiro atoms. The van der Waals surface area contributed by atoms with Crippen molar-refractivity contribution in [3.05, 3.63) is 53.5 Å². The molecule has 1 atom stereocenters. The van der Waals surface area contributed by atoms with Crippen molar-refractivity contribution in [3.8, 4) is 17.3 Å². The number of hydrogen-bond acceptors (Lipinski definition) is 7. The second-order valence-electron chi connectivity index (χ2n) is 6.99. The first-order valence-corrected chi connectivity index (χ1v) is 9.38. The van der Waals surface area contributed by atoms with Crippen LogP contribution in [0.25, 0.3) is 11.5 Å². The Morgan fingerprint density at radius 2 is 1.93 bits per heavy atom. The van der Waals surface area contributed by atoms with Gasteiger partial charge in [-0.2, -0.15) is 14.3 Å². The fraction of sp³-hybridized carbons (Fsp3) is 0.250. The van der Waals surface area contributed by atoms with Crippen LogP contribution in [0.4, 0.5) is 5.82 Å². The molecule has 0 bridgehead atoms. The summed E-state index contributed by atoms with van der Waals surface area (Å²) in [6.07, 6.45) is 2.08. The molecular weight excluding hydrogens is 386 g/mol. The van der Waals surface area contributed by atoms with E-state index in [-0.39, 0.29) is 11.8 Å². The van der Waals surface area contributed by atoms with Crippen molar-refractivity contribution in [2.24, 2.45) is 0 Å². The molecule has 1 amide bonds. The van der Waals surface area contributed by atoms with Gasteiger partial charge in [0.15, 0.2) is 28.8 Å². The van der Waals surface area contributed by atoms with E-state index in [4.69, 9.17) is 9.47 Å². The van der Waals surface area contributed by atoms with Crippen LogP contribution in [0.2, 0.25) is 0 Å². The molecule has 0 aliphatic carbocycles. The highest BCUT2D eigenvalue weighted by Crippen LogP contribution is 2.40. The third-order valence-electron chi connectivity index (χ3n) is 5.25. The summed E-state index contributed by atoms with van der Waals surface area (Å²) in [6, 6.07) is 9.29. The quantitative estimate of drug-likeness (QED) is 0.554. The maximum Gasteiger partial charge on any atom is 0.226 e. The van der Waals surface area contributed by atoms with Gasteiger partial charge >= 0.3 is 0 Å². The Kier molecular flexibility index (Phi) is 4.12. The molecule has 152 valence electrons. The third-order valence-corrected chi connectivity index (χ3v) is 5.25. The van der Waals surface area contributed by atoms with Crippen molar-refractivity contribution in [2.45, 2.75) is 19.3 Å². The Morgan fingerprint density at radius 1 is 1.10 bits per heavy atom. The van der Waals surface area contributed by atoms with Gasteiger partial charge in [-0.3, -0.25) is 4.79 Å². The summed E-state index contributed by atoms with van der Waals surface area (Å²) >= 11 is 0. The van der Waals surface area contributed by atoms with Crippen LogP contribution in [-0.2, 0) is 4.79 Å². The van der Waals surface area contributed by atoms with E-state index in [0.717, 1.165) is 11.1 Å². The van der Waals surface area contributed by atoms with Crippen molar-refractivity contribution in [2.75, 3.05) is 19.5 Å². The van der Waals surface area contributed by atoms with Crippen LogP contribution >= 0.6 is 0 Å². The summed E-state index contributed by atoms with van der Waals surface area (Å²) < 4.78 is 14.0. The van der Waals surface area contributed by atoms with Gasteiger partial charge in [-0.25, -0.2) is 0 Å². The maximum atomic E-state index is 12.5. The lowest BCUT2D eigenvalue weighted by Crippen LogP contribution is -2.25. The van der Waals surface area contributed by atoms with Gasteiger partial charge in [0, 0.05) is 17.9 Å². The number of rotatable bonds is 4. The summed E-state index contributed by atoms with van der Waals surface area (Å²) in [5.41, 5.74) is 2.50. The molecule has 1 N–H and O–H groups in total. The molecule has 0 saturated carbocycles. The van der Waals surface area contributed by atoms with E-state index < -0.39 is 0 Å². The lowest BCUT2D eigenvalue weighted by molar-refractivity contribution is -0.116. The van der Waals surface area contributed by atoms with Crippen LogP contribution in [0.5, 0.6) is 11.5 Å². The number of amides is 1. The summed E-state index contributed by atoms with van der Waals surface area (Å²) in [5.74, 6) is 2.82. The number of methoxy groups -OCH3 is 2. The zero-order valence-electron chi connectivity index (χ0n) is 16.7. The second kappa shape index (κ2) is 6.83. The second-order valence-corrected chi connectivity index (χ2v) is 6.99. The SMILES string of the molecule is COc1ccc([C@H]2CC(=O)Nc3c2cnn3-c2ccc3nnc(C)n3n2)cc1OC. The number of carbonyl (C=O) groups excluding carboxylic acids is 1. The molecule has 1 aliphatic heterocycles. The predicted molar refractivity (Wildman–Crippen MR) is 107 cm³/mol. The third kappa shape index (κ3) is 2.76. The standard InChI is InChI=1S/C20H19N7O3/c1-11-23-24-17-6-7-18(25-26(11)17)27-20-14(10-21-27)13(9-19(28)22-20)12-4-5-15(29-2)16(8-12)30-3/h4-8,10,13H,9H2,1-3H3,(H,22,28)/t13-/m1/s1. The number of nitrogens with one attached hydrogen (secondary N) is 1. The largest absolute Gasteiger partial charge is 0.493 e. The molecule has 1 aliphatic rings. The minimum Gasteiger partial charge on any atom is -0.493 e. The zero-order valence-corrected chi connectivity index (χ0v) is 16.7. The predicted octanol–water partition coefficient (Wildman–Crippen LogP) is 2.11. The van der Waals surface area contributed by atoms with Crippen molar-refractivity contribution < 1.29 is 14.3 Å². The van der Waals surface area contributed by atoms with E-state index in [1.54, 1.807) is 35.7 Å². The molecule has 10 nitrogen and oxygen atoms in total. The maximum absolute atomic E-state index is 12.5. The fourth-order valence-corrected chi connectivity index (χ4v) is 3.76. The first-order valence-electron chi connectivity index (χ1n) is 9.38. The van der Waals surface area contributed by atoms with E-state index in [1.807, 2.05) is 31.2 Å². The molecule has 0 unspecified atom stereocenters. The molecule has 4 aromatic rings. The van der Waals surface area contributed by atoms with Crippen molar-refractivity contribution in [1.29, 1.82) is 0 Å². The summed E-state index contributed by atoms with van der Waals surface area (Å²) in [6.45, 7) is 1.82. The van der Waals surface area contributed by atoms with Gasteiger partial charge in [0.25, 0.3) is 0 Å². The average molecular weight is 405 g/mol. The van der Waals surface area contributed by atoms with Gasteiger partial charge in [0.1, 0.15) is 5.82 Å². The Hall–Kier alpha value is -3.95. The number of aromatic nitrogens is 6. The number of nitrogens with zero attached hydrogens (tertiary/aromatic N) is 6. The molecule has 5 rings (SSSR count). The van der Waals surface area contributed by atoms with E-state index in [9.17, 15) is 4.79 Å². The summed E-state index contributed by atoms with van der Waals surface area (Å²) in [5, 5.41) is 20.1. The number of ether oxygens (including phenoxy) is 2. The van der Waals surface area contributed by atoms with Crippen LogP contribution in [0.15, 0.2) is 36.5 Å². The van der Waals surface area contributed by atoms with E-state index in [0.29, 0.717) is 41.0 Å². The number of benzene rings is 1. The van der Waals surface area contributed by atoms with Gasteiger partial charge in [-0.05, 0) is 36.8 Å². The van der Waals surface area contributed by atoms with Crippen LogP contribution in [0, 0.1) is 6.92 Å². The van der Waals surface area contributed by atoms with Crippen LogP contribution in [0.3, 0.4) is 0 Å². The number of fused-ring (bicyclic) bond motifs is 2. The van der Waals surface area contributed by atoms with Crippen molar-refractivity contribution in [3.63, 3.8) is 0 Å². The van der Waals surface area contributed by atoms with Gasteiger partial charge < -0.3 is 14.8 Å². The normalized spacial score (nSPS) is 15.7. The molecule has 4 heterocycles. The first-order chi connectivity index (χ1) is 14.6. The molecule has 1 aromatic carbocycles. The van der Waals surface area contributed by atoms with Gasteiger partial charge in [-0.1, -0.05) is 6.07 Å². The lowest BCUT2D eigenvalue weighted by atomic mass is 9.87. The minimum absolute atomic E-state index is 0.0920. The minimum atomic E-state index is -0.164. The number of aryl methyl sites for hydroxylation is 1. The Balaban J connectivity index is 1.60. The highest BCUT2D eigenvalue weighted by atomic mass is 16.5. The number of carbonyl (C=O) groups is 1. The monoisotopic (exact) mass is 405 g/mol. The van der Waals surface area contributed by atoms with E-state index in [1.165, 1.54) is 0 Å². The molecule has 0 saturated heterocycles. The number of anilines is 1. The van der Waals surface area contributed by atoms with Crippen molar-refractivity contribution >= 4 is 17.4 Å². The lowest BCUT2D eigenvalue weighted by Gasteiger charge is -2.24.